The summed E-state index contributed by atoms with van der Waals surface area (Å²) in [6.07, 6.45) is 11.7. The number of hydrogen-bond donors (Lipinski definition) is 6. The smallest absolute Gasteiger partial charge is 0.279 e. The van der Waals surface area contributed by atoms with Crippen LogP contribution in [0.1, 0.15) is 60.5 Å². The third-order valence-corrected chi connectivity index (χ3v) is 11.2. The molecule has 0 radical (unpaired) electrons. The Kier molecular flexibility index (Phi) is 11.6. The highest BCUT2D eigenvalue weighted by Gasteiger charge is 2.30. The van der Waals surface area contributed by atoms with Gasteiger partial charge in [0.15, 0.2) is 40.5 Å². The number of nitrogens with two attached hydrogens (primary N) is 3. The van der Waals surface area contributed by atoms with Crippen molar-refractivity contribution in [2.75, 3.05) is 57.7 Å². The Morgan fingerprint density at radius 1 is 0.677 bits per heavy atom. The summed E-state index contributed by atoms with van der Waals surface area (Å²) in [5, 5.41) is 8.89. The lowest BCUT2D eigenvalue weighted by Gasteiger charge is -2.38. The van der Waals surface area contributed by atoms with Crippen molar-refractivity contribution in [2.45, 2.75) is 50.6 Å². The molecule has 2 amide bonds. The average Bonchev–Trinajstić information content (AvgIpc) is 3.25. The maximum atomic E-state index is 14.9. The minimum atomic E-state index is -0.676. The van der Waals surface area contributed by atoms with E-state index in [1.165, 1.54) is 43.0 Å². The molecule has 62 heavy (non-hydrogen) atoms. The van der Waals surface area contributed by atoms with E-state index in [2.05, 4.69) is 65.6 Å². The fraction of sp³-hybridized carbons (Fsp3) is 0.286. The lowest BCUT2D eigenvalue weighted by molar-refractivity contribution is 0.101. The lowest BCUT2D eigenvalue weighted by atomic mass is 9.91. The van der Waals surface area contributed by atoms with E-state index in [1.807, 2.05) is 26.0 Å². The van der Waals surface area contributed by atoms with Gasteiger partial charge >= 0.3 is 0 Å². The van der Waals surface area contributed by atoms with Crippen molar-refractivity contribution in [2.24, 2.45) is 11.5 Å². The summed E-state index contributed by atoms with van der Waals surface area (Å²) in [7, 11) is 0. The SMILES string of the molecule is CC1(N)CCN(c2cccnc2NC(=O)c2nc(-c3ncc(Nc4ncc(-c5ncccc5F)nc4C(=O)Nc4ncccc4N4CCC(C)(N)CC4)cc3Cl)cnc2N)CC1. The maximum Gasteiger partial charge on any atom is 0.279 e. The first-order valence-electron chi connectivity index (χ1n) is 19.9. The van der Waals surface area contributed by atoms with Crippen LogP contribution in [-0.4, -0.2) is 88.9 Å². The molecule has 9 N–H and O–H groups in total. The second kappa shape index (κ2) is 17.2. The Hall–Kier alpha value is -6.96. The van der Waals surface area contributed by atoms with Crippen molar-refractivity contribution in [1.29, 1.82) is 0 Å². The molecule has 0 aromatic carbocycles. The van der Waals surface area contributed by atoms with Gasteiger partial charge in [0.25, 0.3) is 11.8 Å². The number of hydrogen-bond acceptors (Lipinski definition) is 16. The van der Waals surface area contributed by atoms with Crippen LogP contribution < -0.4 is 43.0 Å². The molecule has 2 saturated heterocycles. The molecule has 0 aliphatic carbocycles. The van der Waals surface area contributed by atoms with Crippen LogP contribution in [0.25, 0.3) is 22.8 Å². The van der Waals surface area contributed by atoms with E-state index in [1.54, 1.807) is 24.5 Å². The lowest BCUT2D eigenvalue weighted by Crippen LogP contribution is -2.48. The first kappa shape index (κ1) is 41.8. The van der Waals surface area contributed by atoms with Gasteiger partial charge in [0.1, 0.15) is 22.8 Å². The molecule has 0 atom stereocenters. The van der Waals surface area contributed by atoms with E-state index in [0.717, 1.165) is 31.4 Å². The molecule has 318 valence electrons. The van der Waals surface area contributed by atoms with Crippen LogP contribution in [-0.2, 0) is 0 Å². The molecular formula is C42H44ClFN16O2. The Balaban J connectivity index is 1.04. The first-order valence-corrected chi connectivity index (χ1v) is 20.3. The Morgan fingerprint density at radius 2 is 1.19 bits per heavy atom. The predicted octanol–water partition coefficient (Wildman–Crippen LogP) is 5.44. The number of nitrogens with one attached hydrogen (secondary N) is 3. The molecule has 8 rings (SSSR count). The van der Waals surface area contributed by atoms with E-state index in [0.29, 0.717) is 49.2 Å². The van der Waals surface area contributed by atoms with Crippen molar-refractivity contribution in [3.05, 3.63) is 102 Å². The zero-order valence-corrected chi connectivity index (χ0v) is 34.7. The summed E-state index contributed by atoms with van der Waals surface area (Å²) < 4.78 is 14.9. The van der Waals surface area contributed by atoms with E-state index < -0.39 is 17.6 Å². The summed E-state index contributed by atoms with van der Waals surface area (Å²) >= 11 is 6.79. The molecule has 18 nitrogen and oxygen atoms in total. The van der Waals surface area contributed by atoms with Gasteiger partial charge in [-0.05, 0) is 82.0 Å². The average molecular weight is 859 g/mol. The molecule has 20 heteroatoms. The molecule has 8 heterocycles. The van der Waals surface area contributed by atoms with E-state index >= 15 is 0 Å². The monoisotopic (exact) mass is 858 g/mol. The van der Waals surface area contributed by atoms with Gasteiger partial charge in [-0.25, -0.2) is 34.3 Å². The van der Waals surface area contributed by atoms with Crippen LogP contribution in [0.3, 0.4) is 0 Å². The zero-order valence-electron chi connectivity index (χ0n) is 33.9. The molecule has 0 spiro atoms. The Bertz CT molecular complexity index is 2640. The normalized spacial score (nSPS) is 15.8. The largest absolute Gasteiger partial charge is 0.382 e. The summed E-state index contributed by atoms with van der Waals surface area (Å²) in [5.74, 6) is -1.41. The number of nitrogen functional groups attached to an aromatic ring is 1. The number of carbonyl (C=O) groups excluding carboxylic acids is 2. The van der Waals surface area contributed by atoms with Crippen molar-refractivity contribution in [3.63, 3.8) is 0 Å². The molecule has 2 aliphatic heterocycles. The third kappa shape index (κ3) is 9.19. The van der Waals surface area contributed by atoms with Crippen LogP contribution in [0.15, 0.2) is 79.6 Å². The Labute approximate surface area is 361 Å². The number of anilines is 7. The van der Waals surface area contributed by atoms with Crippen LogP contribution in [0.2, 0.25) is 5.02 Å². The molecule has 2 aliphatic rings. The fourth-order valence-corrected chi connectivity index (χ4v) is 7.45. The van der Waals surface area contributed by atoms with Crippen LogP contribution in [0.5, 0.6) is 0 Å². The second-order valence-electron chi connectivity index (χ2n) is 15.9. The van der Waals surface area contributed by atoms with Crippen LogP contribution in [0, 0.1) is 5.82 Å². The summed E-state index contributed by atoms with van der Waals surface area (Å²) in [6.45, 7) is 6.79. The van der Waals surface area contributed by atoms with Gasteiger partial charge in [0.05, 0.1) is 40.7 Å². The second-order valence-corrected chi connectivity index (χ2v) is 16.3. The highest BCUT2D eigenvalue weighted by atomic mass is 35.5. The quantitative estimate of drug-likeness (QED) is 0.100. The highest BCUT2D eigenvalue weighted by Crippen LogP contribution is 2.33. The van der Waals surface area contributed by atoms with Gasteiger partial charge in [0, 0.05) is 55.8 Å². The van der Waals surface area contributed by atoms with Crippen molar-refractivity contribution < 1.29 is 14.0 Å². The Morgan fingerprint density at radius 3 is 1.77 bits per heavy atom. The van der Waals surface area contributed by atoms with Crippen LogP contribution >= 0.6 is 11.6 Å². The zero-order chi connectivity index (χ0) is 43.6. The van der Waals surface area contributed by atoms with Crippen molar-refractivity contribution in [1.82, 2.24) is 39.9 Å². The number of nitrogens with zero attached hydrogens (tertiary/aromatic N) is 10. The number of halogens is 2. The predicted molar refractivity (Wildman–Crippen MR) is 236 cm³/mol. The molecule has 0 unspecified atom stereocenters. The third-order valence-electron chi connectivity index (χ3n) is 10.9. The van der Waals surface area contributed by atoms with Gasteiger partial charge in [-0.15, -0.1) is 0 Å². The number of aromatic nitrogens is 8. The highest BCUT2D eigenvalue weighted by molar-refractivity contribution is 6.33. The molecule has 6 aromatic heterocycles. The van der Waals surface area contributed by atoms with Gasteiger partial charge in [-0.1, -0.05) is 11.6 Å². The number of pyridine rings is 4. The number of piperidine rings is 2. The van der Waals surface area contributed by atoms with Gasteiger partial charge < -0.3 is 43.0 Å². The molecule has 0 saturated carbocycles. The topological polar surface area (TPSA) is 258 Å². The number of amides is 2. The van der Waals surface area contributed by atoms with E-state index in [4.69, 9.17) is 28.8 Å². The summed E-state index contributed by atoms with van der Waals surface area (Å²) in [5.41, 5.74) is 20.0. The van der Waals surface area contributed by atoms with Gasteiger partial charge in [-0.2, -0.15) is 0 Å². The summed E-state index contributed by atoms with van der Waals surface area (Å²) in [6, 6.07) is 11.5. The standard InChI is InChI=1S/C42H44ClFN16O2/c1-41(46)9-16-59(17-10-41)29-7-4-14-49-36(29)57-39(61)33-35(45)52-22-27(55-33)31-25(43)20-24(21-51-31)54-38-34(56-28(23-53-38)32-26(44)6-3-13-48-32)40(62)58-37-30(8-5-15-50-37)60-18-11-42(2,47)12-19-60/h3-8,13-15,20-23H,9-12,16-19,46-47H2,1-2H3,(H2,45,52)(H,53,54)(H,49,57,61)(H,50,58,62). The minimum absolute atomic E-state index is 0.00396. The van der Waals surface area contributed by atoms with Crippen molar-refractivity contribution >= 4 is 63.7 Å². The van der Waals surface area contributed by atoms with Crippen LogP contribution in [0.4, 0.5) is 44.7 Å². The number of carbonyl (C=O) groups is 2. The van der Waals surface area contributed by atoms with Gasteiger partial charge in [-0.3, -0.25) is 19.6 Å². The number of rotatable bonds is 10. The first-order chi connectivity index (χ1) is 29.7. The van der Waals surface area contributed by atoms with E-state index in [9.17, 15) is 14.0 Å². The van der Waals surface area contributed by atoms with Crippen molar-refractivity contribution in [3.8, 4) is 22.8 Å². The molecular weight excluding hydrogens is 815 g/mol. The maximum absolute atomic E-state index is 14.9. The van der Waals surface area contributed by atoms with Gasteiger partial charge in [0.2, 0.25) is 0 Å². The molecule has 2 fully saturated rings. The van der Waals surface area contributed by atoms with E-state index in [-0.39, 0.29) is 61.9 Å². The molecule has 6 aromatic rings. The summed E-state index contributed by atoms with van der Waals surface area (Å²) in [4.78, 5) is 67.2. The fourth-order valence-electron chi connectivity index (χ4n) is 7.19. The minimum Gasteiger partial charge on any atom is -0.382 e. The molecule has 0 bridgehead atoms.